The van der Waals surface area contributed by atoms with Crippen molar-refractivity contribution in [1.82, 2.24) is 10.2 Å². The fourth-order valence-electron chi connectivity index (χ4n) is 6.70. The highest BCUT2D eigenvalue weighted by Crippen LogP contribution is 2.68. The Bertz CT molecular complexity index is 1390. The molecule has 9 nitrogen and oxygen atoms in total. The third-order valence-corrected chi connectivity index (χ3v) is 10.7. The van der Waals surface area contributed by atoms with Gasteiger partial charge in [0.2, 0.25) is 17.7 Å². The zero-order valence-electron chi connectivity index (χ0n) is 22.7. The SMILES string of the molecule is CCNC(=O)C1C(C#N)C12SC1C(Nc3cccc(NC(=O)CN4CCc5ccccc54)c3)CC1C(=O)N2CC. The van der Waals surface area contributed by atoms with Crippen molar-refractivity contribution in [2.75, 3.05) is 41.7 Å². The maximum Gasteiger partial charge on any atom is 0.243 e. The predicted molar refractivity (Wildman–Crippen MR) is 156 cm³/mol. The number of nitriles is 1. The number of thioether (sulfide) groups is 1. The van der Waals surface area contributed by atoms with Crippen molar-refractivity contribution in [3.63, 3.8) is 0 Å². The molecule has 3 fully saturated rings. The molecule has 0 radical (unpaired) electrons. The maximum atomic E-state index is 13.4. The second kappa shape index (κ2) is 10.4. The monoisotopic (exact) mass is 558 g/mol. The van der Waals surface area contributed by atoms with E-state index < -0.39 is 16.7 Å². The third-order valence-electron chi connectivity index (χ3n) is 8.65. The van der Waals surface area contributed by atoms with E-state index in [2.05, 4.69) is 39.1 Å². The van der Waals surface area contributed by atoms with Gasteiger partial charge < -0.3 is 25.8 Å². The lowest BCUT2D eigenvalue weighted by molar-refractivity contribution is -0.141. The van der Waals surface area contributed by atoms with Crippen LogP contribution in [0.2, 0.25) is 0 Å². The summed E-state index contributed by atoms with van der Waals surface area (Å²) in [7, 11) is 0. The van der Waals surface area contributed by atoms with Crippen LogP contribution in [-0.2, 0) is 20.8 Å². The summed E-state index contributed by atoms with van der Waals surface area (Å²) in [5.41, 5.74) is 3.96. The number of hydrogen-bond donors (Lipinski definition) is 3. The van der Waals surface area contributed by atoms with Crippen molar-refractivity contribution in [3.8, 4) is 6.07 Å². The Morgan fingerprint density at radius 1 is 1.15 bits per heavy atom. The minimum Gasteiger partial charge on any atom is -0.381 e. The van der Waals surface area contributed by atoms with Crippen LogP contribution < -0.4 is 20.9 Å². The lowest BCUT2D eigenvalue weighted by Crippen LogP contribution is -2.64. The van der Waals surface area contributed by atoms with Gasteiger partial charge in [-0.25, -0.2) is 0 Å². The minimum atomic E-state index is -0.800. The van der Waals surface area contributed by atoms with E-state index in [0.717, 1.165) is 24.3 Å². The zero-order valence-corrected chi connectivity index (χ0v) is 23.5. The molecule has 3 N–H and O–H groups in total. The first-order valence-electron chi connectivity index (χ1n) is 14.1. The molecule has 2 aromatic carbocycles. The molecule has 1 saturated heterocycles. The number of amides is 3. The number of para-hydroxylation sites is 1. The van der Waals surface area contributed by atoms with Crippen molar-refractivity contribution >= 4 is 46.5 Å². The molecule has 2 aliphatic heterocycles. The van der Waals surface area contributed by atoms with Crippen molar-refractivity contribution in [2.45, 2.75) is 42.9 Å². The van der Waals surface area contributed by atoms with Crippen molar-refractivity contribution < 1.29 is 14.4 Å². The van der Waals surface area contributed by atoms with Crippen LogP contribution in [-0.4, -0.2) is 65.0 Å². The fourth-order valence-corrected chi connectivity index (χ4v) is 8.87. The number of benzene rings is 2. The standard InChI is InChI=1S/C30H34N6O3S/c1-3-32-28(38)26-22(16-31)30(26)36(4-2)29(39)21-15-23(27(21)40-30)33-19-9-7-10-20(14-19)34-25(37)17-35-13-12-18-8-5-6-11-24(18)35/h5-11,14,21-23,26-27,33H,3-4,12-13,15,17H2,1-2H3,(H,32,38)(H,34,37). The van der Waals surface area contributed by atoms with Gasteiger partial charge in [0.05, 0.1) is 30.4 Å². The molecule has 6 unspecified atom stereocenters. The highest BCUT2D eigenvalue weighted by Gasteiger charge is 2.77. The Balaban J connectivity index is 1.12. The van der Waals surface area contributed by atoms with Crippen LogP contribution in [0.15, 0.2) is 48.5 Å². The van der Waals surface area contributed by atoms with Crippen molar-refractivity contribution in [3.05, 3.63) is 54.1 Å². The van der Waals surface area contributed by atoms with Gasteiger partial charge in [0, 0.05) is 48.0 Å². The molecule has 0 bridgehead atoms. The molecule has 0 aromatic heterocycles. The Labute approximate surface area is 238 Å². The van der Waals surface area contributed by atoms with Crippen LogP contribution >= 0.6 is 11.8 Å². The number of fused-ring (bicyclic) bond motifs is 2. The Morgan fingerprint density at radius 3 is 2.73 bits per heavy atom. The molecular formula is C30H34N6O3S. The maximum absolute atomic E-state index is 13.4. The van der Waals surface area contributed by atoms with Gasteiger partial charge >= 0.3 is 0 Å². The quantitative estimate of drug-likeness (QED) is 0.456. The normalized spacial score (nSPS) is 29.6. The van der Waals surface area contributed by atoms with Gasteiger partial charge in [0.1, 0.15) is 4.87 Å². The van der Waals surface area contributed by atoms with E-state index in [4.69, 9.17) is 0 Å². The number of carbonyl (C=O) groups is 3. The van der Waals surface area contributed by atoms with Crippen molar-refractivity contribution in [1.29, 1.82) is 5.26 Å². The number of nitrogens with one attached hydrogen (secondary N) is 3. The first-order chi connectivity index (χ1) is 19.4. The minimum absolute atomic E-state index is 0.0247. The number of hydrogen-bond acceptors (Lipinski definition) is 7. The molecule has 40 heavy (non-hydrogen) atoms. The summed E-state index contributed by atoms with van der Waals surface area (Å²) in [6.07, 6.45) is 1.64. The topological polar surface area (TPSA) is 118 Å². The van der Waals surface area contributed by atoms with E-state index in [1.54, 1.807) is 16.7 Å². The Hall–Kier alpha value is -3.71. The first-order valence-corrected chi connectivity index (χ1v) is 14.9. The zero-order chi connectivity index (χ0) is 28.0. The summed E-state index contributed by atoms with van der Waals surface area (Å²) in [5.74, 6) is -1.35. The number of carbonyl (C=O) groups excluding carboxylic acids is 3. The van der Waals surface area contributed by atoms with Gasteiger partial charge in [-0.15, -0.1) is 11.8 Å². The van der Waals surface area contributed by atoms with Crippen LogP contribution in [0.25, 0.3) is 0 Å². The van der Waals surface area contributed by atoms with Crippen LogP contribution in [0.1, 0.15) is 25.8 Å². The van der Waals surface area contributed by atoms with Crippen molar-refractivity contribution in [2.24, 2.45) is 17.8 Å². The molecule has 6 rings (SSSR count). The largest absolute Gasteiger partial charge is 0.381 e. The Kier molecular flexibility index (Phi) is 6.87. The number of nitrogens with zero attached hydrogens (tertiary/aromatic N) is 3. The molecule has 208 valence electrons. The molecule has 1 spiro atoms. The van der Waals surface area contributed by atoms with Gasteiger partial charge in [-0.05, 0) is 56.5 Å². The lowest BCUT2D eigenvalue weighted by Gasteiger charge is -2.53. The second-order valence-corrected chi connectivity index (χ2v) is 12.4. The smallest absolute Gasteiger partial charge is 0.243 e. The molecule has 2 aliphatic carbocycles. The molecular weight excluding hydrogens is 524 g/mol. The molecule has 2 heterocycles. The van der Waals surface area contributed by atoms with E-state index in [0.29, 0.717) is 31.7 Å². The summed E-state index contributed by atoms with van der Waals surface area (Å²) >= 11 is 1.62. The molecule has 10 heteroatoms. The van der Waals surface area contributed by atoms with Gasteiger partial charge in [-0.3, -0.25) is 14.4 Å². The number of rotatable bonds is 8. The predicted octanol–water partition coefficient (Wildman–Crippen LogP) is 3.05. The van der Waals surface area contributed by atoms with Gasteiger partial charge in [0.25, 0.3) is 0 Å². The molecule has 2 aromatic rings. The van der Waals surface area contributed by atoms with E-state index in [1.165, 1.54) is 5.56 Å². The van der Waals surface area contributed by atoms with E-state index in [-0.39, 0.29) is 34.9 Å². The van der Waals surface area contributed by atoms with Crippen LogP contribution in [0, 0.1) is 29.1 Å². The second-order valence-electron chi connectivity index (χ2n) is 10.9. The van der Waals surface area contributed by atoms with E-state index >= 15 is 0 Å². The third kappa shape index (κ3) is 4.27. The first kappa shape index (κ1) is 26.5. The van der Waals surface area contributed by atoms with Crippen LogP contribution in [0.5, 0.6) is 0 Å². The average Bonchev–Trinajstić information content (AvgIpc) is 3.41. The molecule has 3 amide bonds. The summed E-state index contributed by atoms with van der Waals surface area (Å²) in [6, 6.07) is 18.2. The molecule has 6 atom stereocenters. The lowest BCUT2D eigenvalue weighted by atomic mass is 9.78. The van der Waals surface area contributed by atoms with Gasteiger partial charge in [-0.1, -0.05) is 24.3 Å². The highest BCUT2D eigenvalue weighted by atomic mass is 32.2. The average molecular weight is 559 g/mol. The molecule has 4 aliphatic rings. The fraction of sp³-hybridized carbons (Fsp3) is 0.467. The number of anilines is 3. The van der Waals surface area contributed by atoms with E-state index in [9.17, 15) is 19.6 Å². The van der Waals surface area contributed by atoms with Crippen LogP contribution in [0.3, 0.4) is 0 Å². The van der Waals surface area contributed by atoms with Crippen LogP contribution in [0.4, 0.5) is 17.1 Å². The van der Waals surface area contributed by atoms with Gasteiger partial charge in [0.15, 0.2) is 0 Å². The van der Waals surface area contributed by atoms with Gasteiger partial charge in [-0.2, -0.15) is 5.26 Å². The summed E-state index contributed by atoms with van der Waals surface area (Å²) in [6.45, 7) is 5.87. The highest BCUT2D eigenvalue weighted by molar-refractivity contribution is 8.01. The summed E-state index contributed by atoms with van der Waals surface area (Å²) in [5, 5.41) is 19.3. The molecule has 2 saturated carbocycles. The van der Waals surface area contributed by atoms with E-state index in [1.807, 2.05) is 50.2 Å². The Morgan fingerprint density at radius 2 is 1.95 bits per heavy atom. The summed E-state index contributed by atoms with van der Waals surface area (Å²) < 4.78 is 0. The summed E-state index contributed by atoms with van der Waals surface area (Å²) in [4.78, 5) is 42.2.